The molecule has 2 heterocycles. The van der Waals surface area contributed by atoms with E-state index in [0.717, 1.165) is 32.2 Å². The van der Waals surface area contributed by atoms with Gasteiger partial charge in [-0.1, -0.05) is 0 Å². The molecule has 3 aliphatic rings. The van der Waals surface area contributed by atoms with Gasteiger partial charge in [0.2, 0.25) is 15.9 Å². The Labute approximate surface area is 108 Å². The molecule has 0 aromatic rings. The fraction of sp³-hybridized carbons (Fsp3) is 0.917. The molecule has 1 N–H and O–H groups in total. The summed E-state index contributed by atoms with van der Waals surface area (Å²) in [6.07, 6.45) is 4.33. The summed E-state index contributed by atoms with van der Waals surface area (Å²) in [7, 11) is -3.05. The highest BCUT2D eigenvalue weighted by molar-refractivity contribution is 7.89. The average molecular weight is 272 g/mol. The summed E-state index contributed by atoms with van der Waals surface area (Å²) in [6, 6.07) is 0. The monoisotopic (exact) mass is 272 g/mol. The predicted molar refractivity (Wildman–Crippen MR) is 67.4 cm³/mol. The molecule has 0 radical (unpaired) electrons. The molecule has 0 aromatic heterocycles. The molecular weight excluding hydrogens is 252 g/mol. The molecule has 1 spiro atoms. The first-order valence-electron chi connectivity index (χ1n) is 6.74. The minimum Gasteiger partial charge on any atom is -0.356 e. The third kappa shape index (κ3) is 2.40. The fourth-order valence-corrected chi connectivity index (χ4v) is 4.91. The summed E-state index contributed by atoms with van der Waals surface area (Å²) in [6.45, 7) is 1.90. The van der Waals surface area contributed by atoms with Crippen molar-refractivity contribution in [2.75, 3.05) is 25.4 Å². The number of rotatable bonds is 3. The van der Waals surface area contributed by atoms with Gasteiger partial charge >= 0.3 is 0 Å². The van der Waals surface area contributed by atoms with Crippen molar-refractivity contribution in [2.45, 2.75) is 32.1 Å². The quantitative estimate of drug-likeness (QED) is 0.805. The Hall–Kier alpha value is -0.620. The molecule has 6 heteroatoms. The maximum absolute atomic E-state index is 12.1. The Morgan fingerprint density at radius 1 is 1.28 bits per heavy atom. The van der Waals surface area contributed by atoms with Gasteiger partial charge in [0.25, 0.3) is 0 Å². The van der Waals surface area contributed by atoms with Crippen molar-refractivity contribution < 1.29 is 13.2 Å². The zero-order valence-corrected chi connectivity index (χ0v) is 11.3. The highest BCUT2D eigenvalue weighted by Crippen LogP contribution is 2.39. The third-order valence-corrected chi connectivity index (χ3v) is 6.56. The lowest BCUT2D eigenvalue weighted by Crippen LogP contribution is -2.44. The SMILES string of the molecule is O=C1CC2(CCN(S(=O)(=O)CC3CC3)CC2)CN1. The van der Waals surface area contributed by atoms with Crippen molar-refractivity contribution >= 4 is 15.9 Å². The van der Waals surface area contributed by atoms with Gasteiger partial charge in [-0.25, -0.2) is 12.7 Å². The summed E-state index contributed by atoms with van der Waals surface area (Å²) < 4.78 is 25.9. The molecular formula is C12H20N2O3S. The number of nitrogens with one attached hydrogen (secondary N) is 1. The number of hydrogen-bond donors (Lipinski definition) is 1. The van der Waals surface area contributed by atoms with Crippen molar-refractivity contribution in [3.05, 3.63) is 0 Å². The first-order chi connectivity index (χ1) is 8.49. The van der Waals surface area contributed by atoms with E-state index in [2.05, 4.69) is 5.32 Å². The Balaban J connectivity index is 1.61. The molecule has 0 aromatic carbocycles. The molecule has 0 bridgehead atoms. The molecule has 2 aliphatic heterocycles. The third-order valence-electron chi connectivity index (χ3n) is 4.52. The summed E-state index contributed by atoms with van der Waals surface area (Å²) in [4.78, 5) is 11.3. The largest absolute Gasteiger partial charge is 0.356 e. The van der Waals surface area contributed by atoms with Crippen LogP contribution in [0, 0.1) is 11.3 Å². The zero-order valence-electron chi connectivity index (χ0n) is 10.5. The van der Waals surface area contributed by atoms with Gasteiger partial charge in [0.15, 0.2) is 0 Å². The summed E-state index contributed by atoms with van der Waals surface area (Å²) in [5.74, 6) is 0.849. The molecule has 102 valence electrons. The fourth-order valence-electron chi connectivity index (χ4n) is 3.03. The van der Waals surface area contributed by atoms with E-state index in [0.29, 0.717) is 31.2 Å². The molecule has 2 saturated heterocycles. The van der Waals surface area contributed by atoms with E-state index >= 15 is 0 Å². The number of sulfonamides is 1. The Morgan fingerprint density at radius 3 is 2.44 bits per heavy atom. The van der Waals surface area contributed by atoms with Crippen LogP contribution >= 0.6 is 0 Å². The second-order valence-electron chi connectivity index (χ2n) is 6.07. The first kappa shape index (κ1) is 12.4. The van der Waals surface area contributed by atoms with Crippen LogP contribution in [0.2, 0.25) is 0 Å². The Kier molecular flexibility index (Phi) is 2.90. The Morgan fingerprint density at radius 2 is 1.94 bits per heavy atom. The van der Waals surface area contributed by atoms with Crippen LogP contribution in [0.25, 0.3) is 0 Å². The summed E-state index contributed by atoms with van der Waals surface area (Å²) >= 11 is 0. The molecule has 3 rings (SSSR count). The number of amides is 1. The molecule has 18 heavy (non-hydrogen) atoms. The second kappa shape index (κ2) is 4.20. The van der Waals surface area contributed by atoms with Crippen LogP contribution in [0.1, 0.15) is 32.1 Å². The van der Waals surface area contributed by atoms with E-state index in [9.17, 15) is 13.2 Å². The maximum Gasteiger partial charge on any atom is 0.220 e. The lowest BCUT2D eigenvalue weighted by atomic mass is 9.78. The van der Waals surface area contributed by atoms with E-state index in [-0.39, 0.29) is 11.3 Å². The molecule has 1 aliphatic carbocycles. The lowest BCUT2D eigenvalue weighted by Gasteiger charge is -2.37. The maximum atomic E-state index is 12.1. The molecule has 0 atom stereocenters. The number of carbonyl (C=O) groups excluding carboxylic acids is 1. The van der Waals surface area contributed by atoms with Gasteiger partial charge in [-0.05, 0) is 37.0 Å². The van der Waals surface area contributed by atoms with Crippen molar-refractivity contribution in [2.24, 2.45) is 11.3 Å². The summed E-state index contributed by atoms with van der Waals surface area (Å²) in [5, 5.41) is 2.87. The number of hydrogen-bond acceptors (Lipinski definition) is 3. The standard InChI is InChI=1S/C12H20N2O3S/c15-11-7-12(9-13-11)3-5-14(6-4-12)18(16,17)8-10-1-2-10/h10H,1-9H2,(H,13,15). The van der Waals surface area contributed by atoms with Crippen molar-refractivity contribution in [3.8, 4) is 0 Å². The van der Waals surface area contributed by atoms with Gasteiger partial charge in [0.05, 0.1) is 5.75 Å². The molecule has 0 unspecified atom stereocenters. The highest BCUT2D eigenvalue weighted by atomic mass is 32.2. The normalized spacial score (nSPS) is 28.6. The zero-order chi connectivity index (χ0) is 12.8. The van der Waals surface area contributed by atoms with Crippen LogP contribution in [0.5, 0.6) is 0 Å². The number of carbonyl (C=O) groups is 1. The van der Waals surface area contributed by atoms with Gasteiger partial charge in [-0.2, -0.15) is 0 Å². The van der Waals surface area contributed by atoms with Crippen LogP contribution < -0.4 is 5.32 Å². The van der Waals surface area contributed by atoms with Crippen LogP contribution in [0.4, 0.5) is 0 Å². The van der Waals surface area contributed by atoms with Gasteiger partial charge in [-0.3, -0.25) is 4.79 Å². The van der Waals surface area contributed by atoms with Gasteiger partial charge < -0.3 is 5.32 Å². The average Bonchev–Trinajstić information content (AvgIpc) is 3.04. The molecule has 1 saturated carbocycles. The molecule has 1 amide bonds. The lowest BCUT2D eigenvalue weighted by molar-refractivity contribution is -0.119. The van der Waals surface area contributed by atoms with Crippen LogP contribution in [0.15, 0.2) is 0 Å². The van der Waals surface area contributed by atoms with Gasteiger partial charge in [-0.15, -0.1) is 0 Å². The van der Waals surface area contributed by atoms with Crippen LogP contribution in [-0.2, 0) is 14.8 Å². The van der Waals surface area contributed by atoms with Crippen molar-refractivity contribution in [1.82, 2.24) is 9.62 Å². The van der Waals surface area contributed by atoms with E-state index in [1.807, 2.05) is 0 Å². The van der Waals surface area contributed by atoms with Gasteiger partial charge in [0.1, 0.15) is 0 Å². The predicted octanol–water partition coefficient (Wildman–Crippen LogP) is 0.328. The minimum atomic E-state index is -3.05. The number of piperidine rings is 1. The van der Waals surface area contributed by atoms with E-state index in [1.165, 1.54) is 0 Å². The minimum absolute atomic E-state index is 0.0304. The van der Waals surface area contributed by atoms with Gasteiger partial charge in [0, 0.05) is 26.1 Å². The number of nitrogens with zero attached hydrogens (tertiary/aromatic N) is 1. The van der Waals surface area contributed by atoms with Crippen LogP contribution in [0.3, 0.4) is 0 Å². The van der Waals surface area contributed by atoms with E-state index < -0.39 is 10.0 Å². The molecule has 5 nitrogen and oxygen atoms in total. The first-order valence-corrected chi connectivity index (χ1v) is 8.35. The molecule has 3 fully saturated rings. The topological polar surface area (TPSA) is 66.5 Å². The highest BCUT2D eigenvalue weighted by Gasteiger charge is 2.43. The van der Waals surface area contributed by atoms with Crippen LogP contribution in [-0.4, -0.2) is 44.0 Å². The smallest absolute Gasteiger partial charge is 0.220 e. The van der Waals surface area contributed by atoms with E-state index in [4.69, 9.17) is 0 Å². The van der Waals surface area contributed by atoms with Crippen molar-refractivity contribution in [3.63, 3.8) is 0 Å². The summed E-state index contributed by atoms with van der Waals surface area (Å²) in [5.41, 5.74) is 0.0304. The van der Waals surface area contributed by atoms with Crippen molar-refractivity contribution in [1.29, 1.82) is 0 Å². The van der Waals surface area contributed by atoms with E-state index in [1.54, 1.807) is 4.31 Å². The Bertz CT molecular complexity index is 448. The second-order valence-corrected chi connectivity index (χ2v) is 8.09.